The normalized spacial score (nSPS) is 31.2. The highest BCUT2D eigenvalue weighted by atomic mass is 16.6. The van der Waals surface area contributed by atoms with Gasteiger partial charge >= 0.3 is 0 Å². The Balaban J connectivity index is 1.53. The first-order chi connectivity index (χ1) is 15.0. The molecule has 3 saturated heterocycles. The first kappa shape index (κ1) is 18.2. The van der Waals surface area contributed by atoms with E-state index in [1.54, 1.807) is 6.07 Å². The third-order valence-electron chi connectivity index (χ3n) is 7.20. The summed E-state index contributed by atoms with van der Waals surface area (Å²) in [5, 5.41) is 14.1. The lowest BCUT2D eigenvalue weighted by Gasteiger charge is -2.36. The number of benzene rings is 2. The molecular formula is C22H18N4O5. The van der Waals surface area contributed by atoms with Crippen molar-refractivity contribution in [1.82, 2.24) is 4.90 Å². The van der Waals surface area contributed by atoms with Gasteiger partial charge in [-0.25, -0.2) is 4.90 Å². The van der Waals surface area contributed by atoms with Crippen LogP contribution in [-0.4, -0.2) is 40.1 Å². The zero-order valence-electron chi connectivity index (χ0n) is 16.4. The molecule has 0 saturated carbocycles. The molecular weight excluding hydrogens is 400 g/mol. The molecule has 0 radical (unpaired) electrons. The standard InChI is InChI=1S/C22H18N4O5/c27-19-17-16-9-4-10-24(16)22(14-7-1-2-8-15(14)23-21(22)29)18(17)20(28)25(19)12-5-3-6-13(11-12)26(30)31/h1-3,5-8,11,16-18H,4,9-10H2,(H,23,29). The van der Waals surface area contributed by atoms with Crippen LogP contribution in [0.1, 0.15) is 18.4 Å². The smallest absolute Gasteiger partial charge is 0.271 e. The van der Waals surface area contributed by atoms with Crippen LogP contribution in [0.5, 0.6) is 0 Å². The Morgan fingerprint density at radius 2 is 1.87 bits per heavy atom. The molecule has 156 valence electrons. The SMILES string of the molecule is O=C1C2C3CCCN3C3(C(=O)Nc4ccccc43)C2C(=O)N1c1cccc([N+](=O)[O-])c1. The van der Waals surface area contributed by atoms with Gasteiger partial charge in [0.25, 0.3) is 5.69 Å². The van der Waals surface area contributed by atoms with Gasteiger partial charge in [-0.1, -0.05) is 24.3 Å². The number of anilines is 2. The second-order valence-corrected chi connectivity index (χ2v) is 8.46. The minimum absolute atomic E-state index is 0.171. The number of para-hydroxylation sites is 1. The van der Waals surface area contributed by atoms with Crippen molar-refractivity contribution in [3.05, 3.63) is 64.2 Å². The van der Waals surface area contributed by atoms with Crippen molar-refractivity contribution >= 4 is 34.8 Å². The zero-order chi connectivity index (χ0) is 21.5. The van der Waals surface area contributed by atoms with E-state index in [1.165, 1.54) is 24.3 Å². The molecule has 3 fully saturated rings. The van der Waals surface area contributed by atoms with Gasteiger partial charge in [-0.3, -0.25) is 29.4 Å². The maximum atomic E-state index is 13.8. The van der Waals surface area contributed by atoms with Crippen LogP contribution in [0.2, 0.25) is 0 Å². The first-order valence-electron chi connectivity index (χ1n) is 10.3. The van der Waals surface area contributed by atoms with Gasteiger partial charge in [0.15, 0.2) is 0 Å². The summed E-state index contributed by atoms with van der Waals surface area (Å²) in [5.74, 6) is -2.67. The lowest BCUT2D eigenvalue weighted by atomic mass is 9.75. The van der Waals surface area contributed by atoms with Crippen LogP contribution in [0.25, 0.3) is 0 Å². The highest BCUT2D eigenvalue weighted by molar-refractivity contribution is 6.25. The number of imide groups is 1. The molecule has 9 heteroatoms. The van der Waals surface area contributed by atoms with Crippen molar-refractivity contribution in [2.45, 2.75) is 24.4 Å². The molecule has 31 heavy (non-hydrogen) atoms. The van der Waals surface area contributed by atoms with E-state index < -0.39 is 28.2 Å². The molecule has 3 amide bonds. The number of hydrogen-bond donors (Lipinski definition) is 1. The Kier molecular flexibility index (Phi) is 3.51. The molecule has 2 aromatic rings. The van der Waals surface area contributed by atoms with Crippen molar-refractivity contribution in [2.75, 3.05) is 16.8 Å². The molecule has 0 aromatic heterocycles. The molecule has 4 aliphatic heterocycles. The van der Waals surface area contributed by atoms with Gasteiger partial charge in [0.05, 0.1) is 22.4 Å². The fourth-order valence-corrected chi connectivity index (χ4v) is 6.16. The second kappa shape index (κ2) is 5.98. The van der Waals surface area contributed by atoms with Crippen molar-refractivity contribution in [2.24, 2.45) is 11.8 Å². The largest absolute Gasteiger partial charge is 0.324 e. The molecule has 4 aliphatic rings. The van der Waals surface area contributed by atoms with Gasteiger partial charge in [0.1, 0.15) is 5.54 Å². The molecule has 4 unspecified atom stereocenters. The van der Waals surface area contributed by atoms with Crippen LogP contribution in [0.15, 0.2) is 48.5 Å². The number of nitrogens with zero attached hydrogens (tertiary/aromatic N) is 3. The fraction of sp³-hybridized carbons (Fsp3) is 0.318. The van der Waals surface area contributed by atoms with Crippen LogP contribution >= 0.6 is 0 Å². The Morgan fingerprint density at radius 3 is 2.68 bits per heavy atom. The van der Waals surface area contributed by atoms with Gasteiger partial charge in [0.2, 0.25) is 17.7 Å². The van der Waals surface area contributed by atoms with E-state index in [0.29, 0.717) is 12.2 Å². The van der Waals surface area contributed by atoms with Gasteiger partial charge in [-0.05, 0) is 31.5 Å². The van der Waals surface area contributed by atoms with E-state index in [-0.39, 0.29) is 29.2 Å². The van der Waals surface area contributed by atoms with Crippen LogP contribution in [0, 0.1) is 22.0 Å². The molecule has 2 aromatic carbocycles. The van der Waals surface area contributed by atoms with Gasteiger partial charge in [-0.2, -0.15) is 0 Å². The van der Waals surface area contributed by atoms with Crippen LogP contribution in [-0.2, 0) is 19.9 Å². The monoisotopic (exact) mass is 418 g/mol. The number of carbonyl (C=O) groups is 3. The number of non-ortho nitro benzene ring substituents is 1. The number of amides is 3. The third-order valence-corrected chi connectivity index (χ3v) is 7.20. The van der Waals surface area contributed by atoms with E-state index >= 15 is 0 Å². The number of nitrogens with one attached hydrogen (secondary N) is 1. The van der Waals surface area contributed by atoms with Crippen LogP contribution < -0.4 is 10.2 Å². The maximum absolute atomic E-state index is 13.8. The molecule has 0 bridgehead atoms. The van der Waals surface area contributed by atoms with Crippen LogP contribution in [0.4, 0.5) is 17.1 Å². The van der Waals surface area contributed by atoms with E-state index in [9.17, 15) is 24.5 Å². The summed E-state index contributed by atoms with van der Waals surface area (Å²) in [6.07, 6.45) is 1.56. The van der Waals surface area contributed by atoms with Crippen molar-refractivity contribution < 1.29 is 19.3 Å². The molecule has 4 atom stereocenters. The average Bonchev–Trinajstić information content (AvgIpc) is 3.46. The van der Waals surface area contributed by atoms with Gasteiger partial charge in [0, 0.05) is 29.4 Å². The minimum atomic E-state index is -1.23. The zero-order valence-corrected chi connectivity index (χ0v) is 16.4. The van der Waals surface area contributed by atoms with Crippen LogP contribution in [0.3, 0.4) is 0 Å². The van der Waals surface area contributed by atoms with E-state index in [4.69, 9.17) is 0 Å². The van der Waals surface area contributed by atoms with Gasteiger partial charge in [-0.15, -0.1) is 0 Å². The van der Waals surface area contributed by atoms with E-state index in [1.807, 2.05) is 23.1 Å². The Labute approximate surface area is 176 Å². The lowest BCUT2D eigenvalue weighted by Crippen LogP contribution is -2.54. The predicted molar refractivity (Wildman–Crippen MR) is 109 cm³/mol. The average molecular weight is 418 g/mol. The van der Waals surface area contributed by atoms with E-state index in [2.05, 4.69) is 5.32 Å². The Morgan fingerprint density at radius 1 is 1.06 bits per heavy atom. The molecule has 6 rings (SSSR count). The predicted octanol–water partition coefficient (Wildman–Crippen LogP) is 2.03. The summed E-state index contributed by atoms with van der Waals surface area (Å²) in [5.41, 5.74) is 0.126. The maximum Gasteiger partial charge on any atom is 0.271 e. The Bertz CT molecular complexity index is 1200. The number of rotatable bonds is 2. The number of hydrogen-bond acceptors (Lipinski definition) is 6. The summed E-state index contributed by atoms with van der Waals surface area (Å²) < 4.78 is 0. The molecule has 1 spiro atoms. The fourth-order valence-electron chi connectivity index (χ4n) is 6.16. The topological polar surface area (TPSA) is 113 Å². The summed E-state index contributed by atoms with van der Waals surface area (Å²) in [6, 6.07) is 12.6. The van der Waals surface area contributed by atoms with Crippen molar-refractivity contribution in [1.29, 1.82) is 0 Å². The summed E-state index contributed by atoms with van der Waals surface area (Å²) in [6.45, 7) is 0.636. The summed E-state index contributed by atoms with van der Waals surface area (Å²) in [4.78, 5) is 54.5. The summed E-state index contributed by atoms with van der Waals surface area (Å²) >= 11 is 0. The highest BCUT2D eigenvalue weighted by Gasteiger charge is 2.74. The number of nitro groups is 1. The molecule has 9 nitrogen and oxygen atoms in total. The van der Waals surface area contributed by atoms with Gasteiger partial charge < -0.3 is 5.32 Å². The lowest BCUT2D eigenvalue weighted by molar-refractivity contribution is -0.384. The van der Waals surface area contributed by atoms with Crippen molar-refractivity contribution in [3.8, 4) is 0 Å². The minimum Gasteiger partial charge on any atom is -0.324 e. The first-order valence-corrected chi connectivity index (χ1v) is 10.3. The number of fused-ring (bicyclic) bond motifs is 7. The summed E-state index contributed by atoms with van der Waals surface area (Å²) in [7, 11) is 0. The molecule has 4 heterocycles. The number of carbonyl (C=O) groups excluding carboxylic acids is 3. The van der Waals surface area contributed by atoms with E-state index in [0.717, 1.165) is 23.3 Å². The highest BCUT2D eigenvalue weighted by Crippen LogP contribution is 2.60. The van der Waals surface area contributed by atoms with Crippen molar-refractivity contribution in [3.63, 3.8) is 0 Å². The quantitative estimate of drug-likeness (QED) is 0.454. The number of nitro benzene ring substituents is 1. The second-order valence-electron chi connectivity index (χ2n) is 8.46. The molecule has 1 N–H and O–H groups in total. The molecule has 0 aliphatic carbocycles. The third kappa shape index (κ3) is 2.06. The Hall–Kier alpha value is -3.59.